The number of benzene rings is 1. The van der Waals surface area contributed by atoms with Crippen LogP contribution in [-0.2, 0) is 11.3 Å². The van der Waals surface area contributed by atoms with Crippen LogP contribution in [0.25, 0.3) is 0 Å². The molecule has 1 heterocycles. The van der Waals surface area contributed by atoms with E-state index in [0.29, 0.717) is 5.56 Å². The van der Waals surface area contributed by atoms with E-state index in [9.17, 15) is 24.6 Å². The quantitative estimate of drug-likeness (QED) is 0.677. The van der Waals surface area contributed by atoms with Gasteiger partial charge in [0.15, 0.2) is 5.43 Å². The number of hydrogen-bond donors (Lipinski definition) is 3. The number of aromatic nitrogens is 1. The molecule has 2 rings (SSSR count). The Morgan fingerprint density at radius 2 is 1.85 bits per heavy atom. The second-order valence-corrected chi connectivity index (χ2v) is 6.68. The minimum atomic E-state index is -1.09. The van der Waals surface area contributed by atoms with Crippen LogP contribution in [-0.4, -0.2) is 33.2 Å². The molecule has 0 aliphatic rings. The first-order valence-corrected chi connectivity index (χ1v) is 8.76. The van der Waals surface area contributed by atoms with Crippen molar-refractivity contribution >= 4 is 11.8 Å². The number of amides is 2. The van der Waals surface area contributed by atoms with Crippen molar-refractivity contribution in [1.82, 2.24) is 9.88 Å². The van der Waals surface area contributed by atoms with Gasteiger partial charge in [-0.1, -0.05) is 44.2 Å². The molecule has 144 valence electrons. The molecule has 0 aliphatic heterocycles. The highest BCUT2D eigenvalue weighted by atomic mass is 16.3. The summed E-state index contributed by atoms with van der Waals surface area (Å²) in [6, 6.07) is 9.91. The van der Waals surface area contributed by atoms with Gasteiger partial charge in [-0.2, -0.15) is 0 Å². The highest BCUT2D eigenvalue weighted by Crippen LogP contribution is 2.21. The maximum atomic E-state index is 12.4. The summed E-state index contributed by atoms with van der Waals surface area (Å²) in [4.78, 5) is 36.5. The Morgan fingerprint density at radius 3 is 2.44 bits per heavy atom. The molecule has 7 heteroatoms. The average molecular weight is 372 g/mol. The van der Waals surface area contributed by atoms with Gasteiger partial charge in [-0.15, -0.1) is 0 Å². The van der Waals surface area contributed by atoms with Crippen LogP contribution >= 0.6 is 0 Å². The number of rotatable bonds is 7. The molecular formula is C20H24N2O5. The molecule has 3 N–H and O–H groups in total. The van der Waals surface area contributed by atoms with Crippen LogP contribution in [0.2, 0.25) is 0 Å². The van der Waals surface area contributed by atoms with Gasteiger partial charge in [0.05, 0.1) is 12.3 Å². The summed E-state index contributed by atoms with van der Waals surface area (Å²) >= 11 is 0. The number of carbonyl (C=O) groups excluding carboxylic acids is 2. The van der Waals surface area contributed by atoms with E-state index in [1.165, 1.54) is 10.8 Å². The van der Waals surface area contributed by atoms with Crippen molar-refractivity contribution in [2.45, 2.75) is 32.9 Å². The highest BCUT2D eigenvalue weighted by molar-refractivity contribution is 6.04. The van der Waals surface area contributed by atoms with Crippen molar-refractivity contribution in [2.24, 2.45) is 5.92 Å². The van der Waals surface area contributed by atoms with Gasteiger partial charge in [0, 0.05) is 25.2 Å². The summed E-state index contributed by atoms with van der Waals surface area (Å²) in [5.74, 6) is -1.18. The number of aliphatic hydroxyl groups is 2. The normalized spacial score (nSPS) is 12.0. The molecule has 0 bridgehead atoms. The first-order valence-electron chi connectivity index (χ1n) is 8.76. The number of hydrogen-bond acceptors (Lipinski definition) is 5. The maximum Gasteiger partial charge on any atom is 0.263 e. The Bertz CT molecular complexity index is 858. The fourth-order valence-corrected chi connectivity index (χ4v) is 2.72. The third-order valence-corrected chi connectivity index (χ3v) is 3.99. The van der Waals surface area contributed by atoms with E-state index in [1.807, 2.05) is 13.8 Å². The molecule has 0 saturated carbocycles. The van der Waals surface area contributed by atoms with E-state index in [-0.39, 0.29) is 36.7 Å². The lowest BCUT2D eigenvalue weighted by atomic mass is 10.0. The zero-order valence-corrected chi connectivity index (χ0v) is 15.4. The second-order valence-electron chi connectivity index (χ2n) is 6.68. The van der Waals surface area contributed by atoms with E-state index in [1.54, 1.807) is 30.3 Å². The number of imide groups is 1. The first kappa shape index (κ1) is 20.5. The van der Waals surface area contributed by atoms with Crippen molar-refractivity contribution in [3.8, 4) is 0 Å². The zero-order chi connectivity index (χ0) is 20.0. The Hall–Kier alpha value is -2.77. The standard InChI is InChI=1S/C20H24N2O5/c1-13(2)10-18(25)21-20(27)15-12-22(8-9-23)16(11-17(15)24)19(26)14-6-4-3-5-7-14/h3-7,11-13,19,23,26H,8-10H2,1-2H3,(H,21,25,27)/t19-/m0/s1. The van der Waals surface area contributed by atoms with Crippen molar-refractivity contribution in [3.05, 3.63) is 69.6 Å². The molecule has 27 heavy (non-hydrogen) atoms. The van der Waals surface area contributed by atoms with Crippen LogP contribution in [0.15, 0.2) is 47.4 Å². The molecule has 0 saturated heterocycles. The molecule has 0 aliphatic carbocycles. The predicted octanol–water partition coefficient (Wildman–Crippen LogP) is 1.22. The Balaban J connectivity index is 2.37. The lowest BCUT2D eigenvalue weighted by Crippen LogP contribution is -2.35. The van der Waals surface area contributed by atoms with E-state index in [4.69, 9.17) is 0 Å². The van der Waals surface area contributed by atoms with Gasteiger partial charge in [-0.25, -0.2) is 0 Å². The lowest BCUT2D eigenvalue weighted by Gasteiger charge is -2.19. The number of aliphatic hydroxyl groups excluding tert-OH is 2. The monoisotopic (exact) mass is 372 g/mol. The summed E-state index contributed by atoms with van der Waals surface area (Å²) in [6.45, 7) is 3.53. The van der Waals surface area contributed by atoms with E-state index >= 15 is 0 Å². The fraction of sp³-hybridized carbons (Fsp3) is 0.350. The second kappa shape index (κ2) is 9.25. The SMILES string of the molecule is CC(C)CC(=O)NC(=O)c1cn(CCO)c([C@@H](O)c2ccccc2)cc1=O. The lowest BCUT2D eigenvalue weighted by molar-refractivity contribution is -0.120. The van der Waals surface area contributed by atoms with Crippen LogP contribution in [0.5, 0.6) is 0 Å². The number of carbonyl (C=O) groups is 2. The smallest absolute Gasteiger partial charge is 0.263 e. The minimum absolute atomic E-state index is 0.0762. The molecule has 1 aromatic carbocycles. The van der Waals surface area contributed by atoms with E-state index < -0.39 is 23.3 Å². The highest BCUT2D eigenvalue weighted by Gasteiger charge is 2.20. The Labute approximate surface area is 157 Å². The van der Waals surface area contributed by atoms with E-state index in [0.717, 1.165) is 6.07 Å². The minimum Gasteiger partial charge on any atom is -0.395 e. The molecular weight excluding hydrogens is 348 g/mol. The summed E-state index contributed by atoms with van der Waals surface area (Å²) in [5, 5.41) is 22.1. The van der Waals surface area contributed by atoms with Gasteiger partial charge in [-0.3, -0.25) is 19.7 Å². The molecule has 0 spiro atoms. The van der Waals surface area contributed by atoms with Gasteiger partial charge < -0.3 is 14.8 Å². The third kappa shape index (κ3) is 5.35. The largest absolute Gasteiger partial charge is 0.395 e. The zero-order valence-electron chi connectivity index (χ0n) is 15.4. The van der Waals surface area contributed by atoms with E-state index in [2.05, 4.69) is 5.32 Å². The molecule has 2 aromatic rings. The van der Waals surface area contributed by atoms with Crippen LogP contribution in [0, 0.1) is 5.92 Å². The van der Waals surface area contributed by atoms with Gasteiger partial charge in [0.2, 0.25) is 5.91 Å². The number of nitrogens with one attached hydrogen (secondary N) is 1. The van der Waals surface area contributed by atoms with Gasteiger partial charge >= 0.3 is 0 Å². The van der Waals surface area contributed by atoms with Crippen molar-refractivity contribution < 1.29 is 19.8 Å². The average Bonchev–Trinajstić information content (AvgIpc) is 2.62. The number of nitrogens with zero attached hydrogens (tertiary/aromatic N) is 1. The predicted molar refractivity (Wildman–Crippen MR) is 100 cm³/mol. The first-order chi connectivity index (χ1) is 12.8. The van der Waals surface area contributed by atoms with Crippen molar-refractivity contribution in [3.63, 3.8) is 0 Å². The maximum absolute atomic E-state index is 12.4. The fourth-order valence-electron chi connectivity index (χ4n) is 2.72. The summed E-state index contributed by atoms with van der Waals surface area (Å²) in [6.07, 6.45) is 0.338. The molecule has 1 atom stereocenters. The van der Waals surface area contributed by atoms with Crippen LogP contribution in [0.3, 0.4) is 0 Å². The van der Waals surface area contributed by atoms with Crippen LogP contribution in [0.4, 0.5) is 0 Å². The molecule has 0 fully saturated rings. The van der Waals surface area contributed by atoms with Crippen molar-refractivity contribution in [1.29, 1.82) is 0 Å². The Kier molecular flexibility index (Phi) is 7.04. The third-order valence-electron chi connectivity index (χ3n) is 3.99. The molecule has 1 aromatic heterocycles. The van der Waals surface area contributed by atoms with Crippen molar-refractivity contribution in [2.75, 3.05) is 6.61 Å². The summed E-state index contributed by atoms with van der Waals surface area (Å²) in [5.41, 5.74) is 0.00629. The van der Waals surface area contributed by atoms with Gasteiger partial charge in [0.25, 0.3) is 5.91 Å². The molecule has 7 nitrogen and oxygen atoms in total. The number of pyridine rings is 1. The van der Waals surface area contributed by atoms with Gasteiger partial charge in [-0.05, 0) is 11.5 Å². The van der Waals surface area contributed by atoms with Crippen LogP contribution < -0.4 is 10.7 Å². The summed E-state index contributed by atoms with van der Waals surface area (Å²) < 4.78 is 1.45. The Morgan fingerprint density at radius 1 is 1.19 bits per heavy atom. The molecule has 2 amide bonds. The topological polar surface area (TPSA) is 109 Å². The molecule has 0 radical (unpaired) electrons. The van der Waals surface area contributed by atoms with Crippen LogP contribution in [0.1, 0.15) is 48.0 Å². The van der Waals surface area contributed by atoms with Gasteiger partial charge in [0.1, 0.15) is 11.7 Å². The summed E-state index contributed by atoms with van der Waals surface area (Å²) in [7, 11) is 0. The molecule has 0 unspecified atom stereocenters.